The van der Waals surface area contributed by atoms with Crippen molar-refractivity contribution in [2.24, 2.45) is 11.8 Å². The summed E-state index contributed by atoms with van der Waals surface area (Å²) in [7, 11) is 0. The topological polar surface area (TPSA) is 23.5 Å². The van der Waals surface area contributed by atoms with E-state index in [1.165, 1.54) is 58.0 Å². The molecule has 0 aromatic rings. The van der Waals surface area contributed by atoms with E-state index in [0.29, 0.717) is 5.92 Å². The minimum absolute atomic E-state index is 0.00537. The maximum absolute atomic E-state index is 10.0. The van der Waals surface area contributed by atoms with Crippen LogP contribution in [0.5, 0.6) is 0 Å². The SMILES string of the molecule is OC1CCCCC1CN(CC1CC1)C1CC1. The predicted octanol–water partition coefficient (Wildman–Crippen LogP) is 2.41. The highest BCUT2D eigenvalue weighted by atomic mass is 16.3. The average molecular weight is 223 g/mol. The predicted molar refractivity (Wildman–Crippen MR) is 65.3 cm³/mol. The molecule has 2 atom stereocenters. The van der Waals surface area contributed by atoms with E-state index in [0.717, 1.165) is 18.4 Å². The summed E-state index contributed by atoms with van der Waals surface area (Å²) in [6.07, 6.45) is 10.6. The molecule has 0 spiro atoms. The minimum atomic E-state index is -0.00537. The van der Waals surface area contributed by atoms with Crippen LogP contribution in [0.15, 0.2) is 0 Å². The summed E-state index contributed by atoms with van der Waals surface area (Å²) in [5, 5.41) is 10.0. The number of hydrogen-bond acceptors (Lipinski definition) is 2. The maximum atomic E-state index is 10.0. The second-order valence-corrected chi connectivity index (χ2v) is 6.24. The maximum Gasteiger partial charge on any atom is 0.0580 e. The first-order valence-electron chi connectivity index (χ1n) is 7.25. The summed E-state index contributed by atoms with van der Waals surface area (Å²) in [6, 6.07) is 0.884. The molecule has 92 valence electrons. The van der Waals surface area contributed by atoms with Crippen LogP contribution in [-0.4, -0.2) is 35.2 Å². The first-order chi connectivity index (χ1) is 7.83. The van der Waals surface area contributed by atoms with Gasteiger partial charge in [-0.25, -0.2) is 0 Å². The number of aliphatic hydroxyl groups is 1. The van der Waals surface area contributed by atoms with Gasteiger partial charge in [0.2, 0.25) is 0 Å². The van der Waals surface area contributed by atoms with Crippen molar-refractivity contribution in [3.8, 4) is 0 Å². The standard InChI is InChI=1S/C14H25NO/c16-14-4-2-1-3-12(14)10-15(13-7-8-13)9-11-5-6-11/h11-14,16H,1-10H2. The molecule has 0 aliphatic heterocycles. The van der Waals surface area contributed by atoms with E-state index in [1.807, 2.05) is 0 Å². The van der Waals surface area contributed by atoms with Gasteiger partial charge in [-0.3, -0.25) is 4.90 Å². The Balaban J connectivity index is 1.52. The molecule has 1 N–H and O–H groups in total. The number of hydrogen-bond donors (Lipinski definition) is 1. The third-order valence-electron chi connectivity index (χ3n) is 4.59. The van der Waals surface area contributed by atoms with E-state index in [2.05, 4.69) is 4.90 Å². The number of nitrogens with zero attached hydrogens (tertiary/aromatic N) is 1. The first kappa shape index (κ1) is 11.0. The Kier molecular flexibility index (Phi) is 3.21. The zero-order chi connectivity index (χ0) is 11.0. The van der Waals surface area contributed by atoms with Crippen molar-refractivity contribution in [3.05, 3.63) is 0 Å². The van der Waals surface area contributed by atoms with Crippen molar-refractivity contribution in [2.45, 2.75) is 63.5 Å². The molecule has 0 aromatic carbocycles. The van der Waals surface area contributed by atoms with E-state index in [4.69, 9.17) is 0 Å². The molecule has 2 heteroatoms. The van der Waals surface area contributed by atoms with Crippen LogP contribution in [0.1, 0.15) is 51.4 Å². The van der Waals surface area contributed by atoms with Crippen LogP contribution in [0.25, 0.3) is 0 Å². The van der Waals surface area contributed by atoms with Crippen molar-refractivity contribution < 1.29 is 5.11 Å². The Morgan fingerprint density at radius 1 is 0.875 bits per heavy atom. The highest BCUT2D eigenvalue weighted by molar-refractivity contribution is 4.90. The fourth-order valence-electron chi connectivity index (χ4n) is 3.15. The third kappa shape index (κ3) is 2.78. The van der Waals surface area contributed by atoms with Crippen LogP contribution in [0.4, 0.5) is 0 Å². The molecule has 2 nitrogen and oxygen atoms in total. The highest BCUT2D eigenvalue weighted by Crippen LogP contribution is 2.36. The summed E-state index contributed by atoms with van der Waals surface area (Å²) < 4.78 is 0. The Morgan fingerprint density at radius 2 is 1.62 bits per heavy atom. The van der Waals surface area contributed by atoms with Crippen molar-refractivity contribution >= 4 is 0 Å². The molecule has 0 radical (unpaired) electrons. The fraction of sp³-hybridized carbons (Fsp3) is 1.00. The van der Waals surface area contributed by atoms with Gasteiger partial charge in [-0.1, -0.05) is 12.8 Å². The van der Waals surface area contributed by atoms with Gasteiger partial charge in [-0.2, -0.15) is 0 Å². The lowest BCUT2D eigenvalue weighted by atomic mass is 9.86. The van der Waals surface area contributed by atoms with Crippen LogP contribution in [0, 0.1) is 11.8 Å². The zero-order valence-electron chi connectivity index (χ0n) is 10.3. The first-order valence-corrected chi connectivity index (χ1v) is 7.25. The zero-order valence-corrected chi connectivity index (χ0v) is 10.3. The molecule has 3 aliphatic carbocycles. The summed E-state index contributed by atoms with van der Waals surface area (Å²) in [4.78, 5) is 2.71. The van der Waals surface area contributed by atoms with Gasteiger partial charge >= 0.3 is 0 Å². The summed E-state index contributed by atoms with van der Waals surface area (Å²) >= 11 is 0. The van der Waals surface area contributed by atoms with Gasteiger partial charge in [0.05, 0.1) is 6.10 Å². The molecule has 0 amide bonds. The van der Waals surface area contributed by atoms with Crippen molar-refractivity contribution in [1.82, 2.24) is 4.90 Å². The van der Waals surface area contributed by atoms with E-state index >= 15 is 0 Å². The Morgan fingerprint density at radius 3 is 2.25 bits per heavy atom. The summed E-state index contributed by atoms with van der Waals surface area (Å²) in [5.74, 6) is 1.58. The lowest BCUT2D eigenvalue weighted by Gasteiger charge is -2.33. The Labute approximate surface area is 99.0 Å². The molecule has 0 saturated heterocycles. The fourth-order valence-corrected chi connectivity index (χ4v) is 3.15. The molecule has 0 bridgehead atoms. The van der Waals surface area contributed by atoms with Crippen molar-refractivity contribution in [3.63, 3.8) is 0 Å². The molecule has 0 aromatic heterocycles. The van der Waals surface area contributed by atoms with Crippen LogP contribution < -0.4 is 0 Å². The van der Waals surface area contributed by atoms with Gasteiger partial charge in [0.1, 0.15) is 0 Å². The lowest BCUT2D eigenvalue weighted by molar-refractivity contribution is 0.0436. The summed E-state index contributed by atoms with van der Waals surface area (Å²) in [5.41, 5.74) is 0. The van der Waals surface area contributed by atoms with Crippen molar-refractivity contribution in [1.29, 1.82) is 0 Å². The molecule has 3 rings (SSSR count). The van der Waals surface area contributed by atoms with E-state index < -0.39 is 0 Å². The van der Waals surface area contributed by atoms with E-state index in [-0.39, 0.29) is 6.10 Å². The molecule has 3 aliphatic rings. The van der Waals surface area contributed by atoms with Crippen molar-refractivity contribution in [2.75, 3.05) is 13.1 Å². The molecule has 0 heterocycles. The second-order valence-electron chi connectivity index (χ2n) is 6.24. The highest BCUT2D eigenvalue weighted by Gasteiger charge is 2.36. The quantitative estimate of drug-likeness (QED) is 0.773. The van der Waals surface area contributed by atoms with Gasteiger partial charge in [-0.15, -0.1) is 0 Å². The Hall–Kier alpha value is -0.0800. The molecular weight excluding hydrogens is 198 g/mol. The normalized spacial score (nSPS) is 35.6. The summed E-state index contributed by atoms with van der Waals surface area (Å²) in [6.45, 7) is 2.51. The molecule has 16 heavy (non-hydrogen) atoms. The minimum Gasteiger partial charge on any atom is -0.393 e. The van der Waals surface area contributed by atoms with Gasteiger partial charge in [-0.05, 0) is 50.4 Å². The number of aliphatic hydroxyl groups excluding tert-OH is 1. The molecular formula is C14H25NO. The Bertz CT molecular complexity index is 235. The van der Waals surface area contributed by atoms with Gasteiger partial charge in [0.25, 0.3) is 0 Å². The molecule has 2 unspecified atom stereocenters. The monoisotopic (exact) mass is 223 g/mol. The lowest BCUT2D eigenvalue weighted by Crippen LogP contribution is -2.39. The number of rotatable bonds is 5. The van der Waals surface area contributed by atoms with Gasteiger partial charge in [0.15, 0.2) is 0 Å². The van der Waals surface area contributed by atoms with Crippen LogP contribution in [0.3, 0.4) is 0 Å². The average Bonchev–Trinajstić information content (AvgIpc) is 3.15. The van der Waals surface area contributed by atoms with E-state index in [1.54, 1.807) is 0 Å². The van der Waals surface area contributed by atoms with Crippen LogP contribution in [0.2, 0.25) is 0 Å². The third-order valence-corrected chi connectivity index (χ3v) is 4.59. The molecule has 3 saturated carbocycles. The molecule has 3 fully saturated rings. The van der Waals surface area contributed by atoms with Gasteiger partial charge < -0.3 is 5.11 Å². The van der Waals surface area contributed by atoms with Crippen LogP contribution in [-0.2, 0) is 0 Å². The second kappa shape index (κ2) is 4.66. The van der Waals surface area contributed by atoms with Crippen LogP contribution >= 0.6 is 0 Å². The van der Waals surface area contributed by atoms with Gasteiger partial charge in [0, 0.05) is 19.1 Å². The largest absolute Gasteiger partial charge is 0.393 e. The van der Waals surface area contributed by atoms with E-state index in [9.17, 15) is 5.11 Å². The smallest absolute Gasteiger partial charge is 0.0580 e.